The van der Waals surface area contributed by atoms with Crippen molar-refractivity contribution in [1.82, 2.24) is 20.9 Å². The van der Waals surface area contributed by atoms with Crippen molar-refractivity contribution < 1.29 is 62.0 Å². The highest BCUT2D eigenvalue weighted by Crippen LogP contribution is 2.50. The van der Waals surface area contributed by atoms with Crippen LogP contribution in [0, 0.1) is 0 Å². The lowest BCUT2D eigenvalue weighted by atomic mass is 9.95. The van der Waals surface area contributed by atoms with Crippen LogP contribution >= 0.6 is 31.0 Å². The van der Waals surface area contributed by atoms with Crippen LogP contribution in [0.4, 0.5) is 21.9 Å². The van der Waals surface area contributed by atoms with Crippen LogP contribution in [0.3, 0.4) is 0 Å². The molecule has 0 bridgehead atoms. The second-order valence-corrected chi connectivity index (χ2v) is 21.4. The number of unbranched alkanes of at least 4 members (excludes halogenated alkanes) is 2. The van der Waals surface area contributed by atoms with E-state index < -0.39 is 31.7 Å². The van der Waals surface area contributed by atoms with E-state index in [1.54, 1.807) is 58.3 Å². The molecule has 0 aromatic heterocycles. The van der Waals surface area contributed by atoms with Crippen LogP contribution < -0.4 is 46.1 Å². The molecule has 0 unspecified atom stereocenters. The van der Waals surface area contributed by atoms with Crippen molar-refractivity contribution >= 4 is 117 Å². The number of benzene rings is 5. The highest BCUT2D eigenvalue weighted by Gasteiger charge is 2.37. The third kappa shape index (κ3) is 14.4. The first-order chi connectivity index (χ1) is 38.4. The van der Waals surface area contributed by atoms with E-state index in [0.717, 1.165) is 32.4 Å². The van der Waals surface area contributed by atoms with Gasteiger partial charge in [-0.05, 0) is 71.7 Å². The Kier molecular flexibility index (Phi) is 19.5. The highest BCUT2D eigenvalue weighted by molar-refractivity contribution is 7.46. The van der Waals surface area contributed by atoms with Gasteiger partial charge in [0.15, 0.2) is 0 Å². The Hall–Kier alpha value is -7.55. The largest absolute Gasteiger partial charge is 0.524 e. The van der Waals surface area contributed by atoms with Crippen molar-refractivity contribution in [3.8, 4) is 11.5 Å². The lowest BCUT2D eigenvalue weighted by Gasteiger charge is -2.21. The molecule has 0 spiro atoms. The molecule has 3 aliphatic heterocycles. The van der Waals surface area contributed by atoms with Crippen molar-refractivity contribution in [2.75, 3.05) is 59.6 Å². The number of fused-ring (bicyclic) bond motifs is 6. The number of primary amides is 1. The second-order valence-electron chi connectivity index (χ2n) is 19.6. The summed E-state index contributed by atoms with van der Waals surface area (Å²) in [5, 5.41) is 13.3. The highest BCUT2D eigenvalue weighted by atomic mass is 35.5. The third-order valence-corrected chi connectivity index (χ3v) is 15.3. The maximum absolute atomic E-state index is 14.2. The molecule has 21 nitrogen and oxygen atoms in total. The molecule has 5 aromatic rings. The van der Waals surface area contributed by atoms with E-state index in [1.807, 2.05) is 30.3 Å². The quantitative estimate of drug-likeness (QED) is 0.0131. The molecule has 24 heteroatoms. The van der Waals surface area contributed by atoms with Gasteiger partial charge in [-0.3, -0.25) is 48.2 Å². The fraction of sp³-hybridized carbons (Fsp3) is 0.357. The first-order valence-corrected chi connectivity index (χ1v) is 28.8. The van der Waals surface area contributed by atoms with Gasteiger partial charge in [0.2, 0.25) is 29.5 Å². The van der Waals surface area contributed by atoms with E-state index >= 15 is 0 Å². The number of urea groups is 1. The summed E-state index contributed by atoms with van der Waals surface area (Å²) in [4.78, 5) is 126. The van der Waals surface area contributed by atoms with Gasteiger partial charge in [0.1, 0.15) is 24.1 Å². The van der Waals surface area contributed by atoms with Gasteiger partial charge < -0.3 is 46.1 Å². The molecule has 5 aromatic carbocycles. The number of alkyl halides is 2. The number of ether oxygens (including phenoxy) is 1. The summed E-state index contributed by atoms with van der Waals surface area (Å²) in [6.07, 6.45) is 4.79. The molecule has 422 valence electrons. The monoisotopic (exact) mass is 1150 g/mol. The molecule has 3 atom stereocenters. The lowest BCUT2D eigenvalue weighted by Crippen LogP contribution is -2.47. The zero-order valence-electron chi connectivity index (χ0n) is 43.5. The van der Waals surface area contributed by atoms with Gasteiger partial charge in [-0.1, -0.05) is 67.1 Å². The van der Waals surface area contributed by atoms with Gasteiger partial charge in [-0.25, -0.2) is 9.36 Å². The van der Waals surface area contributed by atoms with Crippen LogP contribution in [-0.2, 0) is 44.7 Å². The predicted molar refractivity (Wildman–Crippen MR) is 302 cm³/mol. The fourth-order valence-electron chi connectivity index (χ4n) is 10.3. The Bertz CT molecular complexity index is 3270. The van der Waals surface area contributed by atoms with Crippen LogP contribution in [0.15, 0.2) is 97.1 Å². The number of phosphoric acid groups is 1. The normalized spacial score (nSPS) is 15.9. The molecule has 8 rings (SSSR count). The van der Waals surface area contributed by atoms with Crippen molar-refractivity contribution in [3.63, 3.8) is 0 Å². The fourth-order valence-corrected chi connectivity index (χ4v) is 11.2. The number of nitrogens with one attached hydrogen (secondary N) is 4. The number of rotatable bonds is 26. The molecule has 3 aliphatic rings. The van der Waals surface area contributed by atoms with Gasteiger partial charge >= 0.3 is 13.9 Å². The minimum absolute atomic E-state index is 0.00352. The number of carbonyl (C=O) groups is 8. The Morgan fingerprint density at radius 1 is 0.688 bits per heavy atom. The number of imide groups is 1. The summed E-state index contributed by atoms with van der Waals surface area (Å²) in [6, 6.07) is 23.1. The van der Waals surface area contributed by atoms with Crippen LogP contribution in [0.25, 0.3) is 21.5 Å². The average Bonchev–Trinajstić information content (AvgIpc) is 4.15. The van der Waals surface area contributed by atoms with E-state index in [1.165, 1.54) is 18.2 Å². The van der Waals surface area contributed by atoms with Gasteiger partial charge in [-0.2, -0.15) is 0 Å². The van der Waals surface area contributed by atoms with Crippen LogP contribution in [0.2, 0.25) is 0 Å². The van der Waals surface area contributed by atoms with Crippen molar-refractivity contribution in [1.29, 1.82) is 0 Å². The number of amides is 9. The Morgan fingerprint density at radius 3 is 1.81 bits per heavy atom. The van der Waals surface area contributed by atoms with E-state index in [0.29, 0.717) is 65.8 Å². The first kappa shape index (κ1) is 58.6. The maximum atomic E-state index is 14.2. The van der Waals surface area contributed by atoms with Crippen LogP contribution in [-0.4, -0.2) is 113 Å². The zero-order valence-corrected chi connectivity index (χ0v) is 45.9. The molecule has 3 heterocycles. The van der Waals surface area contributed by atoms with Gasteiger partial charge in [0, 0.05) is 110 Å². The Morgan fingerprint density at radius 2 is 1.25 bits per heavy atom. The minimum atomic E-state index is -4.95. The number of carbonyl (C=O) groups excluding carboxylic acids is 8. The number of hydrogen-bond acceptors (Lipinski definition) is 11. The van der Waals surface area contributed by atoms with Gasteiger partial charge in [0.25, 0.3) is 11.8 Å². The van der Waals surface area contributed by atoms with E-state index in [2.05, 4.69) is 21.3 Å². The Labute approximate surface area is 470 Å². The predicted octanol–water partition coefficient (Wildman–Crippen LogP) is 6.73. The number of anilines is 3. The molecule has 0 fully saturated rings. The summed E-state index contributed by atoms with van der Waals surface area (Å²) in [7, 11) is -4.95. The molecule has 9 amide bonds. The number of hydrogen-bond donors (Lipinski definition) is 7. The average molecular weight is 1160 g/mol. The maximum Gasteiger partial charge on any atom is 0.524 e. The molecular formula is C56H61Cl2N8O13P. The van der Waals surface area contributed by atoms with Gasteiger partial charge in [0.05, 0.1) is 17.9 Å². The first-order valence-electron chi connectivity index (χ1n) is 26.2. The summed E-state index contributed by atoms with van der Waals surface area (Å²) < 4.78 is 23.5. The summed E-state index contributed by atoms with van der Waals surface area (Å²) in [6.45, 7) is 0.684. The van der Waals surface area contributed by atoms with E-state index in [-0.39, 0.29) is 124 Å². The van der Waals surface area contributed by atoms with Crippen LogP contribution in [0.1, 0.15) is 86.3 Å². The topological polar surface area (TPSA) is 296 Å². The third-order valence-electron chi connectivity index (χ3n) is 14.1. The summed E-state index contributed by atoms with van der Waals surface area (Å²) >= 11 is 13.0. The molecular weight excluding hydrogens is 1090 g/mol. The number of phosphoric ester groups is 1. The molecule has 0 radical (unpaired) electrons. The number of nitrogens with zero attached hydrogens (tertiary/aromatic N) is 3. The molecule has 0 saturated carbocycles. The van der Waals surface area contributed by atoms with Crippen molar-refractivity contribution in [2.24, 2.45) is 5.73 Å². The number of nitrogens with two attached hydrogens (primary N) is 1. The van der Waals surface area contributed by atoms with Crippen molar-refractivity contribution in [2.45, 2.75) is 82.3 Å². The lowest BCUT2D eigenvalue weighted by molar-refractivity contribution is -0.137. The SMILES string of the molecule is NC(=O)NCCC[C@H](NC(=O)CNC(=O)CCCCCN1C(=O)C=CC1=O)C(=O)Nc1ccc(COc2cc3c(c4ccccc24)[C@H](CCl)CN3C(=O)CCCC(=O)N2C[C@@H](CCl)c3c2cc(OP(=O)(O)O)c2ccccc32)cc1. The number of halogens is 2. The van der Waals surface area contributed by atoms with Gasteiger partial charge in [-0.15, -0.1) is 23.2 Å². The summed E-state index contributed by atoms with van der Waals surface area (Å²) in [5.41, 5.74) is 9.14. The van der Waals surface area contributed by atoms with Crippen LogP contribution in [0.5, 0.6) is 11.5 Å². The second kappa shape index (κ2) is 26.6. The van der Waals surface area contributed by atoms with E-state index in [9.17, 15) is 52.7 Å². The molecule has 0 saturated heterocycles. The smallest absolute Gasteiger partial charge is 0.488 e. The molecule has 8 N–H and O–H groups in total. The summed E-state index contributed by atoms with van der Waals surface area (Å²) in [5.74, 6) is -2.31. The molecule has 0 aliphatic carbocycles. The standard InChI is InChI=1S/C56H61Cl2N8O13P/c57-28-35-31-65(49(69)16-8-17-50(70)66-32-36(29-58)54-41-13-6-4-11-39(41)46(27-44(54)66)79-80(75,76)77)43-26-45(38-10-3-5-12-40(38)53(35)43)78-33-34-18-20-37(21-19-34)62-55(73)42(14-9-24-60-56(59)74)63-48(68)30-61-47(67)15-2-1-7-25-64-51(71)22-23-52(64)72/h3-6,10-13,18-23,26-27,35-36,42H,1-2,7-9,14-17,24-25,28-33H2,(H,61,67)(H,62,73)(H,63,68)(H3,59,60,74)(H2,75,76,77)/t35-,36-,42+/m1/s1. The van der Waals surface area contributed by atoms with Crippen molar-refractivity contribution in [3.05, 3.63) is 114 Å². The zero-order chi connectivity index (χ0) is 57.1. The Balaban J connectivity index is 0.869. The molecule has 80 heavy (non-hydrogen) atoms. The van der Waals surface area contributed by atoms with E-state index in [4.69, 9.17) is 38.2 Å². The minimum Gasteiger partial charge on any atom is -0.488 e.